The third kappa shape index (κ3) is 4.34. The zero-order valence-electron chi connectivity index (χ0n) is 14.4. The van der Waals surface area contributed by atoms with Gasteiger partial charge in [-0.2, -0.15) is 0 Å². The van der Waals surface area contributed by atoms with Crippen molar-refractivity contribution in [2.75, 3.05) is 5.32 Å². The number of nitrogens with zero attached hydrogens (tertiary/aromatic N) is 1. The third-order valence-corrected chi connectivity index (χ3v) is 4.60. The van der Waals surface area contributed by atoms with Crippen LogP contribution >= 0.6 is 11.3 Å². The number of amides is 1. The van der Waals surface area contributed by atoms with Gasteiger partial charge in [-0.3, -0.25) is 9.59 Å². The summed E-state index contributed by atoms with van der Waals surface area (Å²) < 4.78 is 5.63. The molecule has 0 saturated heterocycles. The van der Waals surface area contributed by atoms with E-state index in [1.54, 1.807) is 48.7 Å². The molecule has 3 aromatic rings. The molecule has 0 aliphatic heterocycles. The van der Waals surface area contributed by atoms with Crippen LogP contribution < -0.4 is 10.1 Å². The number of Topliss-reactive ketones (excluding diaryl/α,β-unsaturated/α-hetero) is 1. The minimum atomic E-state index is -0.670. The van der Waals surface area contributed by atoms with Gasteiger partial charge in [-0.15, -0.1) is 11.3 Å². The van der Waals surface area contributed by atoms with E-state index in [0.717, 1.165) is 10.6 Å². The highest BCUT2D eigenvalue weighted by atomic mass is 32.1. The zero-order valence-corrected chi connectivity index (χ0v) is 15.2. The van der Waals surface area contributed by atoms with Gasteiger partial charge in [-0.1, -0.05) is 0 Å². The number of carbonyl (C=O) groups is 2. The summed E-state index contributed by atoms with van der Waals surface area (Å²) in [6.45, 7) is 3.18. The minimum absolute atomic E-state index is 0.0106. The first-order chi connectivity index (χ1) is 12.5. The number of ketones is 1. The van der Waals surface area contributed by atoms with Crippen molar-refractivity contribution < 1.29 is 14.3 Å². The number of hydrogen-bond donors (Lipinski definition) is 1. The predicted octanol–water partition coefficient (Wildman–Crippen LogP) is 4.42. The van der Waals surface area contributed by atoms with Crippen LogP contribution in [0.1, 0.15) is 24.2 Å². The number of thiazole rings is 1. The number of benzene rings is 2. The molecule has 0 aliphatic carbocycles. The lowest BCUT2D eigenvalue weighted by atomic mass is 10.1. The lowest BCUT2D eigenvalue weighted by Crippen LogP contribution is -2.30. The molecule has 1 aromatic heterocycles. The largest absolute Gasteiger partial charge is 0.481 e. The van der Waals surface area contributed by atoms with Crippen LogP contribution in [-0.4, -0.2) is 22.8 Å². The van der Waals surface area contributed by atoms with Crippen LogP contribution in [0.4, 0.5) is 5.69 Å². The average molecular weight is 366 g/mol. The lowest BCUT2D eigenvalue weighted by Gasteiger charge is -2.15. The topological polar surface area (TPSA) is 68.3 Å². The Morgan fingerprint density at radius 3 is 2.35 bits per heavy atom. The van der Waals surface area contributed by atoms with Crippen LogP contribution in [0.3, 0.4) is 0 Å². The fourth-order valence-electron chi connectivity index (χ4n) is 2.33. The van der Waals surface area contributed by atoms with E-state index < -0.39 is 6.10 Å². The Bertz CT molecular complexity index is 888. The highest BCUT2D eigenvalue weighted by Crippen LogP contribution is 2.23. The Kier molecular flexibility index (Phi) is 5.43. The number of aromatic nitrogens is 1. The minimum Gasteiger partial charge on any atom is -0.481 e. The Morgan fingerprint density at radius 2 is 1.77 bits per heavy atom. The van der Waals surface area contributed by atoms with Gasteiger partial charge in [0.25, 0.3) is 5.91 Å². The van der Waals surface area contributed by atoms with Crippen molar-refractivity contribution in [3.05, 3.63) is 65.7 Å². The van der Waals surface area contributed by atoms with Crippen molar-refractivity contribution in [3.63, 3.8) is 0 Å². The molecule has 3 rings (SSSR count). The van der Waals surface area contributed by atoms with E-state index in [4.69, 9.17) is 4.74 Å². The summed E-state index contributed by atoms with van der Waals surface area (Å²) in [4.78, 5) is 27.8. The molecule has 0 spiro atoms. The number of anilines is 1. The molecule has 0 bridgehead atoms. The van der Waals surface area contributed by atoms with Crippen molar-refractivity contribution in [2.45, 2.75) is 20.0 Å². The van der Waals surface area contributed by atoms with Crippen molar-refractivity contribution in [1.29, 1.82) is 0 Å². The SMILES string of the molecule is CC(=O)c1ccc(O[C@H](C)C(=O)Nc2ccc(-c3nccs3)cc2)cc1. The second kappa shape index (κ2) is 7.93. The zero-order chi connectivity index (χ0) is 18.5. The monoisotopic (exact) mass is 366 g/mol. The second-order valence-electron chi connectivity index (χ2n) is 5.74. The standard InChI is InChI=1S/C20H18N2O3S/c1-13(23)15-5-9-18(10-6-15)25-14(2)19(24)22-17-7-3-16(4-8-17)20-21-11-12-26-20/h3-12,14H,1-2H3,(H,22,24)/t14-/m1/s1. The fraction of sp³-hybridized carbons (Fsp3) is 0.150. The van der Waals surface area contributed by atoms with Crippen LogP contribution in [0.25, 0.3) is 10.6 Å². The number of carbonyl (C=O) groups excluding carboxylic acids is 2. The molecular formula is C20H18N2O3S. The van der Waals surface area contributed by atoms with E-state index >= 15 is 0 Å². The Morgan fingerprint density at radius 1 is 1.08 bits per heavy atom. The summed E-state index contributed by atoms with van der Waals surface area (Å²) in [6.07, 6.45) is 1.09. The highest BCUT2D eigenvalue weighted by Gasteiger charge is 2.15. The van der Waals surface area contributed by atoms with Gasteiger partial charge in [0.15, 0.2) is 11.9 Å². The molecule has 0 aliphatic rings. The van der Waals surface area contributed by atoms with Crippen molar-refractivity contribution in [3.8, 4) is 16.3 Å². The van der Waals surface area contributed by atoms with E-state index in [9.17, 15) is 9.59 Å². The van der Waals surface area contributed by atoms with Crippen LogP contribution in [0.5, 0.6) is 5.75 Å². The summed E-state index contributed by atoms with van der Waals surface area (Å²) >= 11 is 1.57. The molecule has 0 radical (unpaired) electrons. The molecule has 6 heteroatoms. The van der Waals surface area contributed by atoms with Crippen LogP contribution in [0, 0.1) is 0 Å². The molecule has 0 saturated carbocycles. The highest BCUT2D eigenvalue weighted by molar-refractivity contribution is 7.13. The van der Waals surface area contributed by atoms with Crippen LogP contribution in [-0.2, 0) is 4.79 Å². The van der Waals surface area contributed by atoms with E-state index in [1.165, 1.54) is 6.92 Å². The van der Waals surface area contributed by atoms with Gasteiger partial charge in [0.1, 0.15) is 10.8 Å². The molecule has 0 unspecified atom stereocenters. The average Bonchev–Trinajstić information content (AvgIpc) is 3.17. The molecular weight excluding hydrogens is 348 g/mol. The first kappa shape index (κ1) is 17.8. The normalized spacial score (nSPS) is 11.6. The number of hydrogen-bond acceptors (Lipinski definition) is 5. The Hall–Kier alpha value is -2.99. The maximum Gasteiger partial charge on any atom is 0.265 e. The van der Waals surface area contributed by atoms with Crippen molar-refractivity contribution >= 4 is 28.7 Å². The maximum atomic E-state index is 12.3. The summed E-state index contributed by atoms with van der Waals surface area (Å²) in [5.41, 5.74) is 2.31. The van der Waals surface area contributed by atoms with Gasteiger partial charge in [0.05, 0.1) is 0 Å². The Labute approximate surface area is 155 Å². The number of ether oxygens (including phenoxy) is 1. The first-order valence-corrected chi connectivity index (χ1v) is 8.99. The molecule has 1 atom stereocenters. The molecule has 0 fully saturated rings. The molecule has 2 aromatic carbocycles. The van der Waals surface area contributed by atoms with Crippen molar-refractivity contribution in [2.24, 2.45) is 0 Å². The molecule has 5 nitrogen and oxygen atoms in total. The van der Waals surface area contributed by atoms with E-state index in [-0.39, 0.29) is 11.7 Å². The van der Waals surface area contributed by atoms with Crippen LogP contribution in [0.2, 0.25) is 0 Å². The maximum absolute atomic E-state index is 12.3. The van der Waals surface area contributed by atoms with Gasteiger partial charge < -0.3 is 10.1 Å². The number of rotatable bonds is 6. The number of nitrogens with one attached hydrogen (secondary N) is 1. The molecule has 1 heterocycles. The van der Waals surface area contributed by atoms with Gasteiger partial charge >= 0.3 is 0 Å². The molecule has 1 N–H and O–H groups in total. The fourth-order valence-corrected chi connectivity index (χ4v) is 2.98. The predicted molar refractivity (Wildman–Crippen MR) is 103 cm³/mol. The van der Waals surface area contributed by atoms with Crippen LogP contribution in [0.15, 0.2) is 60.1 Å². The lowest BCUT2D eigenvalue weighted by molar-refractivity contribution is -0.122. The third-order valence-electron chi connectivity index (χ3n) is 3.77. The first-order valence-electron chi connectivity index (χ1n) is 8.11. The van der Waals surface area contributed by atoms with Crippen molar-refractivity contribution in [1.82, 2.24) is 4.98 Å². The van der Waals surface area contributed by atoms with Gasteiger partial charge in [0, 0.05) is 28.4 Å². The quantitative estimate of drug-likeness (QED) is 0.656. The smallest absolute Gasteiger partial charge is 0.265 e. The summed E-state index contributed by atoms with van der Waals surface area (Å²) in [7, 11) is 0. The van der Waals surface area contributed by atoms with Gasteiger partial charge in [0.2, 0.25) is 0 Å². The summed E-state index contributed by atoms with van der Waals surface area (Å²) in [6, 6.07) is 14.2. The van der Waals surface area contributed by atoms with E-state index in [0.29, 0.717) is 17.0 Å². The van der Waals surface area contributed by atoms with Gasteiger partial charge in [-0.05, 0) is 62.4 Å². The molecule has 26 heavy (non-hydrogen) atoms. The van der Waals surface area contributed by atoms with E-state index in [2.05, 4.69) is 10.3 Å². The molecule has 132 valence electrons. The second-order valence-corrected chi connectivity index (χ2v) is 6.64. The molecule has 1 amide bonds. The van der Waals surface area contributed by atoms with Gasteiger partial charge in [-0.25, -0.2) is 4.98 Å². The van der Waals surface area contributed by atoms with E-state index in [1.807, 2.05) is 29.6 Å². The Balaban J connectivity index is 1.59. The summed E-state index contributed by atoms with van der Waals surface area (Å²) in [5, 5.41) is 5.69. The summed E-state index contributed by atoms with van der Waals surface area (Å²) in [5.74, 6) is 0.281.